The Kier molecular flexibility index (Phi) is 6.27. The van der Waals surface area contributed by atoms with Crippen LogP contribution in [0.25, 0.3) is 0 Å². The molecule has 0 spiro atoms. The van der Waals surface area contributed by atoms with E-state index < -0.39 is 0 Å². The zero-order valence-electron chi connectivity index (χ0n) is 19.6. The molecule has 3 nitrogen and oxygen atoms in total. The van der Waals surface area contributed by atoms with Crippen molar-refractivity contribution in [2.45, 2.75) is 31.1 Å². The monoisotopic (exact) mass is 446 g/mol. The average molecular weight is 447 g/mol. The van der Waals surface area contributed by atoms with E-state index in [4.69, 9.17) is 4.98 Å². The lowest BCUT2D eigenvalue weighted by Crippen LogP contribution is -2.46. The largest absolute Gasteiger partial charge is 0.339 e. The quantitative estimate of drug-likeness (QED) is 0.353. The van der Waals surface area contributed by atoms with Crippen LogP contribution in [0, 0.1) is 0 Å². The lowest BCUT2D eigenvalue weighted by atomic mass is 9.67. The number of likely N-dealkylation sites (tertiary alicyclic amines) is 1. The minimum Gasteiger partial charge on any atom is -0.339 e. The van der Waals surface area contributed by atoms with Gasteiger partial charge in [0.25, 0.3) is 5.91 Å². The van der Waals surface area contributed by atoms with Crippen LogP contribution in [0.15, 0.2) is 109 Å². The molecule has 0 saturated carbocycles. The molecule has 2 heterocycles. The van der Waals surface area contributed by atoms with Gasteiger partial charge in [-0.2, -0.15) is 0 Å². The van der Waals surface area contributed by atoms with Crippen molar-refractivity contribution in [1.29, 1.82) is 0 Å². The van der Waals surface area contributed by atoms with Crippen molar-refractivity contribution in [3.63, 3.8) is 0 Å². The van der Waals surface area contributed by atoms with Crippen LogP contribution in [0.5, 0.6) is 0 Å². The second-order valence-electron chi connectivity index (χ2n) is 9.18. The first-order valence-electron chi connectivity index (χ1n) is 12.1. The third-order valence-electron chi connectivity index (χ3n) is 7.31. The molecule has 1 unspecified atom stereocenters. The molecule has 3 aromatic carbocycles. The molecule has 1 saturated heterocycles. The van der Waals surface area contributed by atoms with Gasteiger partial charge < -0.3 is 4.90 Å². The minimum absolute atomic E-state index is 0.112. The number of rotatable bonds is 5. The molecule has 0 radical (unpaired) electrons. The van der Waals surface area contributed by atoms with Crippen LogP contribution < -0.4 is 0 Å². The molecule has 34 heavy (non-hydrogen) atoms. The van der Waals surface area contributed by atoms with Crippen LogP contribution in [0.2, 0.25) is 0 Å². The number of carbonyl (C=O) groups is 1. The summed E-state index contributed by atoms with van der Waals surface area (Å²) in [5.41, 5.74) is 5.50. The third-order valence-corrected chi connectivity index (χ3v) is 7.31. The molecule has 0 aliphatic carbocycles. The highest BCUT2D eigenvalue weighted by Gasteiger charge is 2.42. The van der Waals surface area contributed by atoms with E-state index in [0.29, 0.717) is 13.1 Å². The van der Waals surface area contributed by atoms with E-state index in [1.165, 1.54) is 16.7 Å². The SMILES string of the molecule is CC(c1ccccc1)c1cccnc1C1(c2ccccc2)CCN(C(=O)c2ccccc2)CC1. The van der Waals surface area contributed by atoms with E-state index in [0.717, 1.165) is 24.1 Å². The third kappa shape index (κ3) is 4.14. The van der Waals surface area contributed by atoms with E-state index in [-0.39, 0.29) is 17.2 Å². The predicted molar refractivity (Wildman–Crippen MR) is 137 cm³/mol. The van der Waals surface area contributed by atoms with Gasteiger partial charge >= 0.3 is 0 Å². The van der Waals surface area contributed by atoms with E-state index in [9.17, 15) is 4.79 Å². The summed E-state index contributed by atoms with van der Waals surface area (Å²) >= 11 is 0. The van der Waals surface area contributed by atoms with Gasteiger partial charge in [-0.15, -0.1) is 0 Å². The van der Waals surface area contributed by atoms with Crippen molar-refractivity contribution in [3.8, 4) is 0 Å². The van der Waals surface area contributed by atoms with Crippen molar-refractivity contribution >= 4 is 5.91 Å². The van der Waals surface area contributed by atoms with Gasteiger partial charge in [-0.1, -0.05) is 91.9 Å². The minimum atomic E-state index is -0.228. The maximum Gasteiger partial charge on any atom is 0.253 e. The standard InChI is InChI=1S/C31H30N2O/c1-24(25-12-5-2-6-13-25)28-18-11-21-32-29(28)31(27-16-9-4-10-17-27)19-22-33(23-20-31)30(34)26-14-7-3-8-15-26/h2-18,21,24H,19-20,22-23H2,1H3. The van der Waals surface area contributed by atoms with Crippen molar-refractivity contribution in [1.82, 2.24) is 9.88 Å². The molecule has 1 aromatic heterocycles. The highest BCUT2D eigenvalue weighted by molar-refractivity contribution is 5.94. The lowest BCUT2D eigenvalue weighted by molar-refractivity contribution is 0.0683. The van der Waals surface area contributed by atoms with Gasteiger partial charge in [0.2, 0.25) is 0 Å². The lowest BCUT2D eigenvalue weighted by Gasteiger charge is -2.43. The van der Waals surface area contributed by atoms with Crippen LogP contribution in [-0.4, -0.2) is 28.9 Å². The van der Waals surface area contributed by atoms with Gasteiger partial charge in [0.05, 0.1) is 5.69 Å². The van der Waals surface area contributed by atoms with E-state index in [2.05, 4.69) is 73.7 Å². The second kappa shape index (κ2) is 9.64. The first-order chi connectivity index (χ1) is 16.7. The molecule has 1 atom stereocenters. The molecule has 170 valence electrons. The fourth-order valence-corrected chi connectivity index (χ4v) is 5.36. The number of amides is 1. The van der Waals surface area contributed by atoms with Crippen molar-refractivity contribution in [2.75, 3.05) is 13.1 Å². The number of hydrogen-bond acceptors (Lipinski definition) is 2. The average Bonchev–Trinajstić information content (AvgIpc) is 2.94. The number of piperidine rings is 1. The van der Waals surface area contributed by atoms with Crippen molar-refractivity contribution in [2.24, 2.45) is 0 Å². The summed E-state index contributed by atoms with van der Waals surface area (Å²) in [7, 11) is 0. The fourth-order valence-electron chi connectivity index (χ4n) is 5.36. The Morgan fingerprint density at radius 2 is 1.38 bits per heavy atom. The number of benzene rings is 3. The molecule has 5 rings (SSSR count). The summed E-state index contributed by atoms with van der Waals surface area (Å²) < 4.78 is 0. The summed E-state index contributed by atoms with van der Waals surface area (Å²) in [6.45, 7) is 3.68. The first-order valence-corrected chi connectivity index (χ1v) is 12.1. The molecule has 4 aromatic rings. The fraction of sp³-hybridized carbons (Fsp3) is 0.226. The highest BCUT2D eigenvalue weighted by Crippen LogP contribution is 2.44. The summed E-state index contributed by atoms with van der Waals surface area (Å²) in [6.07, 6.45) is 3.62. The molecule has 0 N–H and O–H groups in total. The van der Waals surface area contributed by atoms with Crippen LogP contribution in [-0.2, 0) is 5.41 Å². The summed E-state index contributed by atoms with van der Waals surface area (Å²) in [4.78, 5) is 20.2. The van der Waals surface area contributed by atoms with E-state index in [1.807, 2.05) is 47.5 Å². The Morgan fingerprint density at radius 3 is 2.03 bits per heavy atom. The van der Waals surface area contributed by atoms with Crippen LogP contribution in [0.1, 0.15) is 58.4 Å². The number of nitrogens with zero attached hydrogens (tertiary/aromatic N) is 2. The number of hydrogen-bond donors (Lipinski definition) is 0. The molecule has 1 fully saturated rings. The predicted octanol–water partition coefficient (Wildman–Crippen LogP) is 6.46. The molecule has 0 bridgehead atoms. The Balaban J connectivity index is 1.53. The molecule has 3 heteroatoms. The Hall–Kier alpha value is -3.72. The van der Waals surface area contributed by atoms with Gasteiger partial charge in [0, 0.05) is 36.2 Å². The van der Waals surface area contributed by atoms with Crippen molar-refractivity contribution in [3.05, 3.63) is 137 Å². The van der Waals surface area contributed by atoms with Gasteiger partial charge in [-0.05, 0) is 47.7 Å². The van der Waals surface area contributed by atoms with Crippen LogP contribution >= 0.6 is 0 Å². The molecular formula is C31H30N2O. The first kappa shape index (κ1) is 22.1. The number of pyridine rings is 1. The molecule has 1 aliphatic rings. The molecular weight excluding hydrogens is 416 g/mol. The highest BCUT2D eigenvalue weighted by atomic mass is 16.2. The Morgan fingerprint density at radius 1 is 0.794 bits per heavy atom. The van der Waals surface area contributed by atoms with Gasteiger partial charge in [0.15, 0.2) is 0 Å². The Labute approximate surface area is 202 Å². The van der Waals surface area contributed by atoms with Gasteiger partial charge in [-0.25, -0.2) is 0 Å². The summed E-state index contributed by atoms with van der Waals surface area (Å²) in [5, 5.41) is 0. The van der Waals surface area contributed by atoms with E-state index >= 15 is 0 Å². The summed E-state index contributed by atoms with van der Waals surface area (Å²) in [6, 6.07) is 35.3. The van der Waals surface area contributed by atoms with Gasteiger partial charge in [-0.3, -0.25) is 9.78 Å². The zero-order valence-corrected chi connectivity index (χ0v) is 19.6. The smallest absolute Gasteiger partial charge is 0.253 e. The number of carbonyl (C=O) groups excluding carboxylic acids is 1. The molecule has 1 amide bonds. The molecule has 1 aliphatic heterocycles. The maximum atomic E-state index is 13.2. The second-order valence-corrected chi connectivity index (χ2v) is 9.18. The topological polar surface area (TPSA) is 33.2 Å². The zero-order chi connectivity index (χ0) is 23.4. The maximum absolute atomic E-state index is 13.2. The van der Waals surface area contributed by atoms with Gasteiger partial charge in [0.1, 0.15) is 0 Å². The number of aromatic nitrogens is 1. The van der Waals surface area contributed by atoms with Crippen molar-refractivity contribution < 1.29 is 4.79 Å². The van der Waals surface area contributed by atoms with E-state index in [1.54, 1.807) is 0 Å². The van der Waals surface area contributed by atoms with Crippen LogP contribution in [0.4, 0.5) is 0 Å². The van der Waals surface area contributed by atoms with Crippen LogP contribution in [0.3, 0.4) is 0 Å². The summed E-state index contributed by atoms with van der Waals surface area (Å²) in [5.74, 6) is 0.343. The normalized spacial score (nSPS) is 16.1. The Bertz CT molecular complexity index is 1230.